The molecule has 1 atom stereocenters. The molecule has 1 aromatic carbocycles. The highest BCUT2D eigenvalue weighted by Gasteiger charge is 2.54. The zero-order chi connectivity index (χ0) is 19.4. The number of rotatable bonds is 7. The van der Waals surface area contributed by atoms with Gasteiger partial charge in [-0.15, -0.1) is 0 Å². The van der Waals surface area contributed by atoms with Crippen molar-refractivity contribution in [2.75, 3.05) is 20.3 Å². The highest BCUT2D eigenvalue weighted by atomic mass is 16.5. The number of nitrogens with one attached hydrogen (secondary N) is 2. The molecule has 1 aromatic rings. The van der Waals surface area contributed by atoms with Crippen LogP contribution in [0.25, 0.3) is 0 Å². The topological polar surface area (TPSA) is 97.0 Å². The Balaban J connectivity index is 1.49. The molecule has 2 fully saturated rings. The van der Waals surface area contributed by atoms with E-state index in [0.717, 1.165) is 17.7 Å². The number of carbonyl (C=O) groups is 3. The molecule has 27 heavy (non-hydrogen) atoms. The third-order valence-corrected chi connectivity index (χ3v) is 5.13. The molecular formula is C19H25N3O5. The van der Waals surface area contributed by atoms with Gasteiger partial charge in [-0.1, -0.05) is 18.9 Å². The number of imide groups is 1. The predicted molar refractivity (Wildman–Crippen MR) is 97.5 cm³/mol. The molecule has 2 N–H and O–H groups in total. The number of methoxy groups -OCH3 is 1. The molecule has 2 aliphatic rings. The van der Waals surface area contributed by atoms with Crippen molar-refractivity contribution in [2.24, 2.45) is 0 Å². The smallest absolute Gasteiger partial charge is 0.325 e. The van der Waals surface area contributed by atoms with Crippen LogP contribution in [0.15, 0.2) is 24.3 Å². The van der Waals surface area contributed by atoms with Gasteiger partial charge < -0.3 is 20.1 Å². The zero-order valence-corrected chi connectivity index (χ0v) is 15.6. The first-order chi connectivity index (χ1) is 13.0. The second-order valence-electron chi connectivity index (χ2n) is 6.89. The molecule has 1 heterocycles. The molecule has 0 aromatic heterocycles. The van der Waals surface area contributed by atoms with E-state index in [1.54, 1.807) is 26.2 Å². The summed E-state index contributed by atoms with van der Waals surface area (Å²) in [4.78, 5) is 38.4. The summed E-state index contributed by atoms with van der Waals surface area (Å²) in [6.07, 6.45) is 3.08. The van der Waals surface area contributed by atoms with Crippen molar-refractivity contribution in [2.45, 2.75) is 44.2 Å². The standard InChI is InChI=1S/C19H25N3O5/c1-13(22-17(24)19(21-18(22)25)8-3-4-9-19)16(23)20-10-11-27-15-7-5-6-14(12-15)26-2/h5-7,12-13H,3-4,8-11H2,1-2H3,(H,20,23)(H,21,25). The molecule has 8 nitrogen and oxygen atoms in total. The van der Waals surface area contributed by atoms with Gasteiger partial charge in [-0.05, 0) is 31.9 Å². The quantitative estimate of drug-likeness (QED) is 0.555. The van der Waals surface area contributed by atoms with Crippen molar-refractivity contribution in [3.8, 4) is 11.5 Å². The fourth-order valence-electron chi connectivity index (χ4n) is 3.61. The largest absolute Gasteiger partial charge is 0.497 e. The Hall–Kier alpha value is -2.77. The van der Waals surface area contributed by atoms with Gasteiger partial charge in [0.15, 0.2) is 0 Å². The van der Waals surface area contributed by atoms with Crippen LogP contribution in [-0.4, -0.2) is 54.6 Å². The van der Waals surface area contributed by atoms with E-state index in [4.69, 9.17) is 9.47 Å². The van der Waals surface area contributed by atoms with Crippen LogP contribution >= 0.6 is 0 Å². The van der Waals surface area contributed by atoms with E-state index < -0.39 is 17.6 Å². The Morgan fingerprint density at radius 3 is 2.70 bits per heavy atom. The number of hydrogen-bond acceptors (Lipinski definition) is 5. The maximum atomic E-state index is 12.7. The highest BCUT2D eigenvalue weighted by molar-refractivity contribution is 6.09. The Kier molecular flexibility index (Phi) is 5.53. The summed E-state index contributed by atoms with van der Waals surface area (Å²) in [6.45, 7) is 2.08. The fourth-order valence-corrected chi connectivity index (χ4v) is 3.61. The third kappa shape index (κ3) is 3.84. The lowest BCUT2D eigenvalue weighted by atomic mass is 9.97. The molecule has 8 heteroatoms. The average Bonchev–Trinajstić information content (AvgIpc) is 3.23. The molecule has 146 valence electrons. The molecular weight excluding hydrogens is 350 g/mol. The lowest BCUT2D eigenvalue weighted by Crippen LogP contribution is -2.50. The predicted octanol–water partition coefficient (Wildman–Crippen LogP) is 1.44. The summed E-state index contributed by atoms with van der Waals surface area (Å²) in [5.74, 6) is 0.640. The lowest BCUT2D eigenvalue weighted by Gasteiger charge is -2.23. The molecule has 1 unspecified atom stereocenters. The molecule has 4 amide bonds. The Morgan fingerprint density at radius 1 is 1.30 bits per heavy atom. The number of ether oxygens (including phenoxy) is 2. The maximum absolute atomic E-state index is 12.7. The Morgan fingerprint density at radius 2 is 2.00 bits per heavy atom. The molecule has 1 saturated heterocycles. The maximum Gasteiger partial charge on any atom is 0.325 e. The summed E-state index contributed by atoms with van der Waals surface area (Å²) in [6, 6.07) is 5.81. The fraction of sp³-hybridized carbons (Fsp3) is 0.526. The molecule has 3 rings (SSSR count). The highest BCUT2D eigenvalue weighted by Crippen LogP contribution is 2.35. The van der Waals surface area contributed by atoms with Gasteiger partial charge in [-0.25, -0.2) is 9.69 Å². The third-order valence-electron chi connectivity index (χ3n) is 5.13. The summed E-state index contributed by atoms with van der Waals surface area (Å²) < 4.78 is 10.7. The lowest BCUT2D eigenvalue weighted by molar-refractivity contribution is -0.137. The summed E-state index contributed by atoms with van der Waals surface area (Å²) in [5.41, 5.74) is -0.804. The normalized spacial score (nSPS) is 19.1. The Labute approximate surface area is 158 Å². The van der Waals surface area contributed by atoms with Crippen molar-refractivity contribution in [1.82, 2.24) is 15.5 Å². The van der Waals surface area contributed by atoms with Crippen LogP contribution < -0.4 is 20.1 Å². The van der Waals surface area contributed by atoms with E-state index >= 15 is 0 Å². The number of hydrogen-bond donors (Lipinski definition) is 2. The van der Waals surface area contributed by atoms with Gasteiger partial charge in [-0.3, -0.25) is 9.59 Å². The first kappa shape index (κ1) is 19.0. The first-order valence-corrected chi connectivity index (χ1v) is 9.17. The van der Waals surface area contributed by atoms with Crippen molar-refractivity contribution < 1.29 is 23.9 Å². The zero-order valence-electron chi connectivity index (χ0n) is 15.6. The number of benzene rings is 1. The first-order valence-electron chi connectivity index (χ1n) is 9.17. The number of amides is 4. The van der Waals surface area contributed by atoms with Crippen LogP contribution in [0.3, 0.4) is 0 Å². The van der Waals surface area contributed by atoms with Gasteiger partial charge >= 0.3 is 6.03 Å². The monoisotopic (exact) mass is 375 g/mol. The summed E-state index contributed by atoms with van der Waals surface area (Å²) >= 11 is 0. The van der Waals surface area contributed by atoms with Crippen molar-refractivity contribution >= 4 is 17.8 Å². The molecule has 0 radical (unpaired) electrons. The minimum Gasteiger partial charge on any atom is -0.497 e. The van der Waals surface area contributed by atoms with E-state index in [0.29, 0.717) is 24.3 Å². The van der Waals surface area contributed by atoms with Crippen molar-refractivity contribution in [3.05, 3.63) is 24.3 Å². The second-order valence-corrected chi connectivity index (χ2v) is 6.89. The van der Waals surface area contributed by atoms with E-state index in [-0.39, 0.29) is 25.0 Å². The van der Waals surface area contributed by atoms with Crippen LogP contribution in [0.4, 0.5) is 4.79 Å². The molecule has 1 aliphatic heterocycles. The van der Waals surface area contributed by atoms with Crippen LogP contribution in [0.2, 0.25) is 0 Å². The van der Waals surface area contributed by atoms with Crippen molar-refractivity contribution in [1.29, 1.82) is 0 Å². The van der Waals surface area contributed by atoms with E-state index in [9.17, 15) is 14.4 Å². The molecule has 1 spiro atoms. The van der Waals surface area contributed by atoms with E-state index in [1.165, 1.54) is 0 Å². The van der Waals surface area contributed by atoms with Crippen LogP contribution in [0, 0.1) is 0 Å². The van der Waals surface area contributed by atoms with Crippen LogP contribution in [-0.2, 0) is 9.59 Å². The van der Waals surface area contributed by atoms with Gasteiger partial charge in [0.2, 0.25) is 5.91 Å². The van der Waals surface area contributed by atoms with Crippen LogP contribution in [0.1, 0.15) is 32.6 Å². The summed E-state index contributed by atoms with van der Waals surface area (Å²) in [5, 5.41) is 5.49. The van der Waals surface area contributed by atoms with Gasteiger partial charge in [0, 0.05) is 6.07 Å². The minimum absolute atomic E-state index is 0.259. The van der Waals surface area contributed by atoms with Gasteiger partial charge in [-0.2, -0.15) is 0 Å². The molecule has 0 bridgehead atoms. The molecule has 1 saturated carbocycles. The van der Waals surface area contributed by atoms with E-state index in [1.807, 2.05) is 12.1 Å². The average molecular weight is 375 g/mol. The number of urea groups is 1. The van der Waals surface area contributed by atoms with Gasteiger partial charge in [0.05, 0.1) is 13.7 Å². The van der Waals surface area contributed by atoms with Crippen molar-refractivity contribution in [3.63, 3.8) is 0 Å². The SMILES string of the molecule is COc1cccc(OCCNC(=O)C(C)N2C(=O)NC3(CCCC3)C2=O)c1. The van der Waals surface area contributed by atoms with Crippen LogP contribution in [0.5, 0.6) is 11.5 Å². The minimum atomic E-state index is -0.866. The second kappa shape index (κ2) is 7.85. The van der Waals surface area contributed by atoms with Gasteiger partial charge in [0.1, 0.15) is 29.7 Å². The van der Waals surface area contributed by atoms with Gasteiger partial charge in [0.25, 0.3) is 5.91 Å². The number of carbonyl (C=O) groups excluding carboxylic acids is 3. The number of nitrogens with zero attached hydrogens (tertiary/aromatic N) is 1. The Bertz CT molecular complexity index is 730. The summed E-state index contributed by atoms with van der Waals surface area (Å²) in [7, 11) is 1.58. The van der Waals surface area contributed by atoms with E-state index in [2.05, 4.69) is 10.6 Å². The molecule has 1 aliphatic carbocycles.